The van der Waals surface area contributed by atoms with Crippen LogP contribution in [0.15, 0.2) is 12.3 Å². The molecule has 1 amide bonds. The predicted molar refractivity (Wildman–Crippen MR) is 82.7 cm³/mol. The number of amides is 1. The Bertz CT molecular complexity index is 659. The number of aromatic amines is 1. The number of imidazole rings is 1. The average molecular weight is 299 g/mol. The van der Waals surface area contributed by atoms with Gasteiger partial charge in [-0.05, 0) is 51.0 Å². The molecule has 4 rings (SSSR count). The van der Waals surface area contributed by atoms with E-state index in [9.17, 15) is 4.79 Å². The van der Waals surface area contributed by atoms with Crippen molar-refractivity contribution in [1.82, 2.24) is 19.7 Å². The van der Waals surface area contributed by atoms with E-state index in [1.807, 2.05) is 10.7 Å². The van der Waals surface area contributed by atoms with Gasteiger partial charge in [-0.3, -0.25) is 14.8 Å². The normalized spacial score (nSPS) is 17.8. The summed E-state index contributed by atoms with van der Waals surface area (Å²) >= 11 is 0. The lowest BCUT2D eigenvalue weighted by atomic mass is 9.93. The Morgan fingerprint density at radius 2 is 2.18 bits per heavy atom. The number of fused-ring (bicyclic) bond motifs is 1. The lowest BCUT2D eigenvalue weighted by Gasteiger charge is -2.27. The number of nitrogens with zero attached hydrogens (tertiary/aromatic N) is 3. The standard InChI is InChI=1S/C16H21N5O/c22-15(10-12-8-9-17-21(12)11-4-3-5-11)20-16-18-13-6-1-2-7-14(13)19-16/h8-9,11H,1-7,10H2,(H2,18,19,20,22). The highest BCUT2D eigenvalue weighted by Gasteiger charge is 2.23. The first-order chi connectivity index (χ1) is 10.8. The Balaban J connectivity index is 1.42. The molecule has 1 fully saturated rings. The van der Waals surface area contributed by atoms with Gasteiger partial charge in [0.15, 0.2) is 0 Å². The van der Waals surface area contributed by atoms with Crippen LogP contribution in [-0.2, 0) is 24.1 Å². The van der Waals surface area contributed by atoms with Crippen molar-refractivity contribution in [2.24, 2.45) is 0 Å². The summed E-state index contributed by atoms with van der Waals surface area (Å²) in [6, 6.07) is 2.42. The molecule has 0 spiro atoms. The molecule has 2 heterocycles. The number of carbonyl (C=O) groups is 1. The lowest BCUT2D eigenvalue weighted by molar-refractivity contribution is -0.115. The Kier molecular flexibility index (Phi) is 3.44. The van der Waals surface area contributed by atoms with E-state index >= 15 is 0 Å². The maximum Gasteiger partial charge on any atom is 0.232 e. The second-order valence-electron chi connectivity index (χ2n) is 6.29. The minimum atomic E-state index is -0.0350. The number of hydrogen-bond donors (Lipinski definition) is 2. The number of carbonyl (C=O) groups excluding carboxylic acids is 1. The molecule has 6 heteroatoms. The smallest absolute Gasteiger partial charge is 0.232 e. The molecule has 2 N–H and O–H groups in total. The summed E-state index contributed by atoms with van der Waals surface area (Å²) < 4.78 is 2.01. The molecule has 0 radical (unpaired) electrons. The molecule has 0 atom stereocenters. The second kappa shape index (κ2) is 5.59. The van der Waals surface area contributed by atoms with Crippen molar-refractivity contribution in [2.45, 2.75) is 57.4 Å². The molecule has 6 nitrogen and oxygen atoms in total. The molecule has 2 aromatic rings. The highest BCUT2D eigenvalue weighted by atomic mass is 16.1. The van der Waals surface area contributed by atoms with Crippen molar-refractivity contribution in [1.29, 1.82) is 0 Å². The fourth-order valence-electron chi connectivity index (χ4n) is 3.29. The number of nitrogens with one attached hydrogen (secondary N) is 2. The van der Waals surface area contributed by atoms with E-state index in [0.717, 1.165) is 24.2 Å². The van der Waals surface area contributed by atoms with Gasteiger partial charge in [0.05, 0.1) is 18.2 Å². The van der Waals surface area contributed by atoms with Gasteiger partial charge < -0.3 is 4.98 Å². The largest absolute Gasteiger partial charge is 0.328 e. The summed E-state index contributed by atoms with van der Waals surface area (Å²) in [5.74, 6) is 0.554. The highest BCUT2D eigenvalue weighted by molar-refractivity contribution is 5.90. The van der Waals surface area contributed by atoms with E-state index in [1.165, 1.54) is 37.8 Å². The highest BCUT2D eigenvalue weighted by Crippen LogP contribution is 2.31. The van der Waals surface area contributed by atoms with Crippen LogP contribution in [0.3, 0.4) is 0 Å². The van der Waals surface area contributed by atoms with Crippen molar-refractivity contribution < 1.29 is 4.79 Å². The molecule has 0 saturated heterocycles. The molecule has 1 saturated carbocycles. The molecule has 2 aromatic heterocycles. The zero-order valence-corrected chi connectivity index (χ0v) is 12.6. The molecular formula is C16H21N5O. The summed E-state index contributed by atoms with van der Waals surface area (Å²) in [4.78, 5) is 20.0. The molecule has 22 heavy (non-hydrogen) atoms. The van der Waals surface area contributed by atoms with Gasteiger partial charge in [0.1, 0.15) is 0 Å². The summed E-state index contributed by atoms with van der Waals surface area (Å²) in [7, 11) is 0. The van der Waals surface area contributed by atoms with Gasteiger partial charge in [-0.2, -0.15) is 5.10 Å². The summed E-state index contributed by atoms with van der Waals surface area (Å²) in [6.07, 6.45) is 10.2. The van der Waals surface area contributed by atoms with Gasteiger partial charge in [0, 0.05) is 17.6 Å². The molecule has 2 aliphatic rings. The van der Waals surface area contributed by atoms with Crippen LogP contribution >= 0.6 is 0 Å². The van der Waals surface area contributed by atoms with Crippen LogP contribution < -0.4 is 5.32 Å². The third-order valence-corrected chi connectivity index (χ3v) is 4.73. The van der Waals surface area contributed by atoms with Crippen LogP contribution in [0.25, 0.3) is 0 Å². The first-order valence-corrected chi connectivity index (χ1v) is 8.19. The van der Waals surface area contributed by atoms with Gasteiger partial charge in [0.2, 0.25) is 11.9 Å². The molecule has 0 unspecified atom stereocenters. The maximum absolute atomic E-state index is 12.3. The van der Waals surface area contributed by atoms with Crippen molar-refractivity contribution >= 4 is 11.9 Å². The topological polar surface area (TPSA) is 75.6 Å². The van der Waals surface area contributed by atoms with Gasteiger partial charge in [0.25, 0.3) is 0 Å². The zero-order chi connectivity index (χ0) is 14.9. The van der Waals surface area contributed by atoms with E-state index in [-0.39, 0.29) is 5.91 Å². The SMILES string of the molecule is O=C(Cc1ccnn1C1CCC1)Nc1nc2c([nH]1)CCCC2. The van der Waals surface area contributed by atoms with Gasteiger partial charge in [-0.1, -0.05) is 0 Å². The molecular weight excluding hydrogens is 278 g/mol. The molecule has 0 aromatic carbocycles. The van der Waals surface area contributed by atoms with E-state index in [0.29, 0.717) is 18.4 Å². The predicted octanol–water partition coefficient (Wildman–Crippen LogP) is 2.39. The van der Waals surface area contributed by atoms with Gasteiger partial charge in [-0.25, -0.2) is 4.98 Å². The fourth-order valence-corrected chi connectivity index (χ4v) is 3.29. The quantitative estimate of drug-likeness (QED) is 0.910. The van der Waals surface area contributed by atoms with Crippen LogP contribution in [-0.4, -0.2) is 25.7 Å². The lowest BCUT2D eigenvalue weighted by Crippen LogP contribution is -2.23. The zero-order valence-electron chi connectivity index (χ0n) is 12.6. The maximum atomic E-state index is 12.3. The van der Waals surface area contributed by atoms with Gasteiger partial charge >= 0.3 is 0 Å². The number of H-pyrrole nitrogens is 1. The van der Waals surface area contributed by atoms with Crippen molar-refractivity contribution in [3.8, 4) is 0 Å². The van der Waals surface area contributed by atoms with E-state index in [2.05, 4.69) is 20.4 Å². The Hall–Kier alpha value is -2.11. The Labute approximate surface area is 129 Å². The van der Waals surface area contributed by atoms with E-state index < -0.39 is 0 Å². The van der Waals surface area contributed by atoms with Crippen molar-refractivity contribution in [3.63, 3.8) is 0 Å². The minimum absolute atomic E-state index is 0.0350. The minimum Gasteiger partial charge on any atom is -0.328 e. The van der Waals surface area contributed by atoms with Crippen LogP contribution in [0.5, 0.6) is 0 Å². The van der Waals surface area contributed by atoms with E-state index in [1.54, 1.807) is 6.20 Å². The third kappa shape index (κ3) is 2.53. The van der Waals surface area contributed by atoms with Crippen LogP contribution in [0, 0.1) is 0 Å². The summed E-state index contributed by atoms with van der Waals surface area (Å²) in [5, 5.41) is 7.26. The summed E-state index contributed by atoms with van der Waals surface area (Å²) in [6.45, 7) is 0. The second-order valence-corrected chi connectivity index (χ2v) is 6.29. The van der Waals surface area contributed by atoms with E-state index in [4.69, 9.17) is 0 Å². The Morgan fingerprint density at radius 1 is 1.32 bits per heavy atom. The first kappa shape index (κ1) is 13.5. The number of hydrogen-bond acceptors (Lipinski definition) is 3. The molecule has 0 bridgehead atoms. The monoisotopic (exact) mass is 299 g/mol. The third-order valence-electron chi connectivity index (χ3n) is 4.73. The van der Waals surface area contributed by atoms with Gasteiger partial charge in [-0.15, -0.1) is 0 Å². The number of aromatic nitrogens is 4. The van der Waals surface area contributed by atoms with Crippen molar-refractivity contribution in [3.05, 3.63) is 29.3 Å². The van der Waals surface area contributed by atoms with Crippen LogP contribution in [0.1, 0.15) is 55.2 Å². The number of rotatable bonds is 4. The summed E-state index contributed by atoms with van der Waals surface area (Å²) in [5.41, 5.74) is 3.28. The Morgan fingerprint density at radius 3 is 2.95 bits per heavy atom. The average Bonchev–Trinajstić information content (AvgIpc) is 3.03. The van der Waals surface area contributed by atoms with Crippen LogP contribution in [0.4, 0.5) is 5.95 Å². The molecule has 0 aliphatic heterocycles. The number of aryl methyl sites for hydroxylation is 2. The molecule has 2 aliphatic carbocycles. The van der Waals surface area contributed by atoms with Crippen molar-refractivity contribution in [2.75, 3.05) is 5.32 Å². The van der Waals surface area contributed by atoms with Crippen LogP contribution in [0.2, 0.25) is 0 Å². The first-order valence-electron chi connectivity index (χ1n) is 8.19. The molecule has 116 valence electrons. The fraction of sp³-hybridized carbons (Fsp3) is 0.562. The number of anilines is 1.